The first kappa shape index (κ1) is 23.9. The summed E-state index contributed by atoms with van der Waals surface area (Å²) in [4.78, 5) is 15.9. The number of halogens is 1. The number of nitrogens with zero attached hydrogens (tertiary/aromatic N) is 2. The molecule has 0 atom stereocenters. The molecule has 0 bridgehead atoms. The highest BCUT2D eigenvalue weighted by Gasteiger charge is 2.08. The number of nitrogens with one attached hydrogen (secondary N) is 3. The molecule has 7 nitrogen and oxygen atoms in total. The summed E-state index contributed by atoms with van der Waals surface area (Å²) in [5, 5.41) is 13.2. The molecule has 28 heavy (non-hydrogen) atoms. The number of hydrogen-bond acceptors (Lipinski definition) is 4. The van der Waals surface area contributed by atoms with Crippen molar-refractivity contribution in [2.24, 2.45) is 4.99 Å². The average Bonchev–Trinajstić information content (AvgIpc) is 3.01. The third-order valence-corrected chi connectivity index (χ3v) is 4.42. The van der Waals surface area contributed by atoms with E-state index in [0.29, 0.717) is 5.56 Å². The summed E-state index contributed by atoms with van der Waals surface area (Å²) in [5.74, 6) is 1.60. The molecule has 1 aromatic heterocycles. The van der Waals surface area contributed by atoms with Crippen LogP contribution in [-0.2, 0) is 12.8 Å². The van der Waals surface area contributed by atoms with Crippen LogP contribution >= 0.6 is 24.0 Å². The van der Waals surface area contributed by atoms with Gasteiger partial charge >= 0.3 is 0 Å². The Morgan fingerprint density at radius 2 is 1.93 bits per heavy atom. The summed E-state index contributed by atoms with van der Waals surface area (Å²) >= 11 is 0. The van der Waals surface area contributed by atoms with Crippen molar-refractivity contribution in [3.05, 3.63) is 52.4 Å². The molecule has 2 rings (SSSR count). The lowest BCUT2D eigenvalue weighted by atomic mass is 10.1. The van der Waals surface area contributed by atoms with Crippen LogP contribution in [0.3, 0.4) is 0 Å². The zero-order chi connectivity index (χ0) is 19.6. The van der Waals surface area contributed by atoms with Crippen molar-refractivity contribution in [2.75, 3.05) is 27.2 Å². The van der Waals surface area contributed by atoms with Crippen molar-refractivity contribution < 1.29 is 9.32 Å². The van der Waals surface area contributed by atoms with Crippen LogP contribution in [0.1, 0.15) is 39.4 Å². The number of aliphatic imine (C=N–C) groups is 1. The maximum Gasteiger partial charge on any atom is 0.251 e. The number of rotatable bonds is 8. The Balaban J connectivity index is 0.00000392. The molecule has 1 amide bonds. The average molecular weight is 499 g/mol. The van der Waals surface area contributed by atoms with Gasteiger partial charge < -0.3 is 20.5 Å². The summed E-state index contributed by atoms with van der Waals surface area (Å²) in [6, 6.07) is 7.66. The predicted molar refractivity (Wildman–Crippen MR) is 123 cm³/mol. The zero-order valence-electron chi connectivity index (χ0n) is 17.0. The lowest BCUT2D eigenvalue weighted by Gasteiger charge is -2.12. The maximum atomic E-state index is 11.7. The fourth-order valence-electron chi connectivity index (χ4n) is 2.89. The first-order valence-electron chi connectivity index (χ1n) is 9.22. The van der Waals surface area contributed by atoms with Gasteiger partial charge in [0.15, 0.2) is 5.96 Å². The highest BCUT2D eigenvalue weighted by molar-refractivity contribution is 14.0. The van der Waals surface area contributed by atoms with Gasteiger partial charge in [-0.05, 0) is 50.8 Å². The van der Waals surface area contributed by atoms with Crippen molar-refractivity contribution in [2.45, 2.75) is 33.1 Å². The third-order valence-electron chi connectivity index (χ3n) is 4.42. The second-order valence-corrected chi connectivity index (χ2v) is 6.36. The number of aryl methyl sites for hydroxylation is 2. The van der Waals surface area contributed by atoms with Crippen molar-refractivity contribution in [1.82, 2.24) is 21.1 Å². The van der Waals surface area contributed by atoms with E-state index in [1.54, 1.807) is 14.1 Å². The van der Waals surface area contributed by atoms with E-state index in [-0.39, 0.29) is 29.9 Å². The number of benzene rings is 1. The van der Waals surface area contributed by atoms with Crippen LogP contribution in [0, 0.1) is 13.8 Å². The quantitative estimate of drug-likeness (QED) is 0.225. The number of hydrogen-bond donors (Lipinski definition) is 3. The van der Waals surface area contributed by atoms with E-state index in [1.807, 2.05) is 38.1 Å². The highest BCUT2D eigenvalue weighted by Crippen LogP contribution is 2.13. The normalized spacial score (nSPS) is 10.9. The van der Waals surface area contributed by atoms with Crippen LogP contribution in [0.5, 0.6) is 0 Å². The molecule has 1 heterocycles. The first-order chi connectivity index (χ1) is 13.0. The van der Waals surface area contributed by atoms with Gasteiger partial charge in [-0.25, -0.2) is 0 Å². The first-order valence-corrected chi connectivity index (χ1v) is 9.22. The number of carbonyl (C=O) groups excluding carboxylic acids is 1. The van der Waals surface area contributed by atoms with Gasteiger partial charge in [-0.1, -0.05) is 17.3 Å². The molecule has 1 aromatic carbocycles. The van der Waals surface area contributed by atoms with Crippen LogP contribution in [0.25, 0.3) is 0 Å². The molecule has 0 aliphatic rings. The molecular formula is C20H30IN5O2. The van der Waals surface area contributed by atoms with Gasteiger partial charge in [0.25, 0.3) is 5.91 Å². The third kappa shape index (κ3) is 7.14. The van der Waals surface area contributed by atoms with Crippen molar-refractivity contribution in [3.63, 3.8) is 0 Å². The van der Waals surface area contributed by atoms with E-state index >= 15 is 0 Å². The Bertz CT molecular complexity index is 769. The van der Waals surface area contributed by atoms with Gasteiger partial charge in [0.1, 0.15) is 5.76 Å². The number of guanidine groups is 1. The molecule has 0 aliphatic heterocycles. The minimum absolute atomic E-state index is 0. The molecule has 0 spiro atoms. The minimum atomic E-state index is -0.0689. The van der Waals surface area contributed by atoms with Crippen LogP contribution < -0.4 is 16.0 Å². The van der Waals surface area contributed by atoms with E-state index in [0.717, 1.165) is 55.3 Å². The van der Waals surface area contributed by atoms with Gasteiger partial charge in [0, 0.05) is 38.3 Å². The second kappa shape index (κ2) is 12.4. The van der Waals surface area contributed by atoms with E-state index < -0.39 is 0 Å². The fraction of sp³-hybridized carbons (Fsp3) is 0.450. The fourth-order valence-corrected chi connectivity index (χ4v) is 2.89. The predicted octanol–water partition coefficient (Wildman–Crippen LogP) is 2.61. The molecule has 0 saturated heterocycles. The van der Waals surface area contributed by atoms with E-state index in [2.05, 4.69) is 26.1 Å². The Kier molecular flexibility index (Phi) is 10.6. The molecule has 0 saturated carbocycles. The second-order valence-electron chi connectivity index (χ2n) is 6.36. The van der Waals surface area contributed by atoms with Crippen molar-refractivity contribution >= 4 is 35.8 Å². The topological polar surface area (TPSA) is 91.6 Å². The molecule has 154 valence electrons. The Morgan fingerprint density at radius 1 is 1.18 bits per heavy atom. The van der Waals surface area contributed by atoms with Crippen LogP contribution in [0.15, 0.2) is 33.8 Å². The molecule has 0 aliphatic carbocycles. The molecular weight excluding hydrogens is 469 g/mol. The Labute approximate surface area is 183 Å². The minimum Gasteiger partial charge on any atom is -0.361 e. The SMILES string of the molecule is CN=C(NCCCc1c(C)noc1C)NCCc1cccc(C(=O)NC)c1.I. The number of carbonyl (C=O) groups is 1. The van der Waals surface area contributed by atoms with Gasteiger partial charge in [-0.15, -0.1) is 24.0 Å². The molecule has 3 N–H and O–H groups in total. The van der Waals surface area contributed by atoms with Gasteiger partial charge in [-0.2, -0.15) is 0 Å². The highest BCUT2D eigenvalue weighted by atomic mass is 127. The summed E-state index contributed by atoms with van der Waals surface area (Å²) in [6.07, 6.45) is 2.71. The molecule has 0 radical (unpaired) electrons. The maximum absolute atomic E-state index is 11.7. The van der Waals surface area contributed by atoms with E-state index in [9.17, 15) is 4.79 Å². The van der Waals surface area contributed by atoms with Crippen molar-refractivity contribution in [1.29, 1.82) is 0 Å². The van der Waals surface area contributed by atoms with Crippen LogP contribution in [0.4, 0.5) is 0 Å². The van der Waals surface area contributed by atoms with Crippen LogP contribution in [-0.4, -0.2) is 44.2 Å². The zero-order valence-corrected chi connectivity index (χ0v) is 19.3. The number of amides is 1. The molecule has 0 fully saturated rings. The lowest BCUT2D eigenvalue weighted by molar-refractivity contribution is 0.0963. The molecule has 8 heteroatoms. The summed E-state index contributed by atoms with van der Waals surface area (Å²) in [6.45, 7) is 5.47. The smallest absolute Gasteiger partial charge is 0.251 e. The summed E-state index contributed by atoms with van der Waals surface area (Å²) < 4.78 is 5.19. The summed E-state index contributed by atoms with van der Waals surface area (Å²) in [5.41, 5.74) is 3.94. The standard InChI is InChI=1S/C20H29N5O2.HI/c1-14-18(15(2)27-25-14)9-6-11-23-20(22-4)24-12-10-16-7-5-8-17(13-16)19(26)21-3;/h5,7-8,13H,6,9-12H2,1-4H3,(H,21,26)(H2,22,23,24);1H. The van der Waals surface area contributed by atoms with Crippen LogP contribution in [0.2, 0.25) is 0 Å². The van der Waals surface area contributed by atoms with Crippen molar-refractivity contribution in [3.8, 4) is 0 Å². The molecule has 2 aromatic rings. The van der Waals surface area contributed by atoms with Gasteiger partial charge in [0.2, 0.25) is 0 Å². The molecule has 0 unspecified atom stereocenters. The number of aromatic nitrogens is 1. The summed E-state index contributed by atoms with van der Waals surface area (Å²) in [7, 11) is 3.40. The Morgan fingerprint density at radius 3 is 2.57 bits per heavy atom. The van der Waals surface area contributed by atoms with E-state index in [4.69, 9.17) is 4.52 Å². The monoisotopic (exact) mass is 499 g/mol. The largest absolute Gasteiger partial charge is 0.361 e. The lowest BCUT2D eigenvalue weighted by Crippen LogP contribution is -2.38. The van der Waals surface area contributed by atoms with Gasteiger partial charge in [0.05, 0.1) is 5.69 Å². The Hall–Kier alpha value is -2.10. The van der Waals surface area contributed by atoms with E-state index in [1.165, 1.54) is 5.56 Å². The van der Waals surface area contributed by atoms with Gasteiger partial charge in [-0.3, -0.25) is 9.79 Å².